The number of hydrogen-bond acceptors (Lipinski definition) is 5. The number of carbonyl (C=O) groups is 2. The van der Waals surface area contributed by atoms with Gasteiger partial charge in [-0.25, -0.2) is 0 Å². The largest absolute Gasteiger partial charge is 0.481 e. The Morgan fingerprint density at radius 3 is 2.81 bits per heavy atom. The van der Waals surface area contributed by atoms with Gasteiger partial charge in [0.25, 0.3) is 0 Å². The molecule has 1 aliphatic rings. The maximum absolute atomic E-state index is 11.9. The molecule has 0 radical (unpaired) electrons. The Morgan fingerprint density at radius 1 is 1.43 bits per heavy atom. The lowest BCUT2D eigenvalue weighted by Crippen LogP contribution is -2.48. The molecule has 1 rings (SSSR count). The van der Waals surface area contributed by atoms with Crippen LogP contribution in [0, 0.1) is 5.92 Å². The quantitative estimate of drug-likeness (QED) is 0.550. The normalized spacial score (nSPS) is 21.7. The summed E-state index contributed by atoms with van der Waals surface area (Å²) in [7, 11) is 1.62. The van der Waals surface area contributed by atoms with Crippen molar-refractivity contribution in [2.45, 2.75) is 25.8 Å². The molecule has 1 fully saturated rings. The zero-order chi connectivity index (χ0) is 15.7. The van der Waals surface area contributed by atoms with Crippen LogP contribution in [0.15, 0.2) is 0 Å². The number of aliphatic carboxylic acids is 1. The summed E-state index contributed by atoms with van der Waals surface area (Å²) in [5, 5.41) is 12.0. The van der Waals surface area contributed by atoms with E-state index < -0.39 is 11.9 Å². The Labute approximate surface area is 125 Å². The molecule has 7 heteroatoms. The van der Waals surface area contributed by atoms with Crippen molar-refractivity contribution < 1.29 is 24.2 Å². The summed E-state index contributed by atoms with van der Waals surface area (Å²) in [6.07, 6.45) is 1.63. The Bertz CT molecular complexity index is 337. The van der Waals surface area contributed by atoms with Gasteiger partial charge in [0.1, 0.15) is 0 Å². The average molecular weight is 302 g/mol. The monoisotopic (exact) mass is 302 g/mol. The van der Waals surface area contributed by atoms with Crippen LogP contribution >= 0.6 is 0 Å². The highest BCUT2D eigenvalue weighted by Crippen LogP contribution is 2.20. The summed E-state index contributed by atoms with van der Waals surface area (Å²) in [5.74, 6) is -1.51. The molecule has 0 aromatic rings. The first-order valence-electron chi connectivity index (χ1n) is 7.40. The fraction of sp³-hybridized carbons (Fsp3) is 0.857. The van der Waals surface area contributed by atoms with Gasteiger partial charge in [-0.2, -0.15) is 0 Å². The van der Waals surface area contributed by atoms with E-state index in [4.69, 9.17) is 9.47 Å². The molecule has 2 atom stereocenters. The van der Waals surface area contributed by atoms with E-state index in [1.165, 1.54) is 0 Å². The fourth-order valence-electron chi connectivity index (χ4n) is 2.47. The van der Waals surface area contributed by atoms with Crippen LogP contribution in [0.4, 0.5) is 0 Å². The first-order valence-corrected chi connectivity index (χ1v) is 7.40. The third-order valence-corrected chi connectivity index (χ3v) is 3.54. The van der Waals surface area contributed by atoms with Crippen molar-refractivity contribution in [1.82, 2.24) is 10.2 Å². The van der Waals surface area contributed by atoms with Gasteiger partial charge in [-0.3, -0.25) is 14.5 Å². The second kappa shape index (κ2) is 9.70. The number of carboxylic acids is 1. The number of hydrogen-bond donors (Lipinski definition) is 2. The molecule has 1 amide bonds. The van der Waals surface area contributed by atoms with Crippen LogP contribution in [0.1, 0.15) is 19.8 Å². The summed E-state index contributed by atoms with van der Waals surface area (Å²) >= 11 is 0. The number of ether oxygens (including phenoxy) is 2. The third kappa shape index (κ3) is 5.99. The maximum atomic E-state index is 11.9. The van der Waals surface area contributed by atoms with Crippen molar-refractivity contribution in [3.8, 4) is 0 Å². The number of nitrogens with one attached hydrogen (secondary N) is 1. The van der Waals surface area contributed by atoms with Crippen LogP contribution in [0.25, 0.3) is 0 Å². The van der Waals surface area contributed by atoms with Crippen LogP contribution in [-0.4, -0.2) is 74.5 Å². The Balaban J connectivity index is 2.48. The molecule has 0 saturated carbocycles. The van der Waals surface area contributed by atoms with Gasteiger partial charge >= 0.3 is 5.97 Å². The summed E-state index contributed by atoms with van der Waals surface area (Å²) < 4.78 is 10.2. The van der Waals surface area contributed by atoms with Crippen molar-refractivity contribution in [1.29, 1.82) is 0 Å². The summed E-state index contributed by atoms with van der Waals surface area (Å²) in [4.78, 5) is 25.1. The fourth-order valence-corrected chi connectivity index (χ4v) is 2.47. The van der Waals surface area contributed by atoms with Gasteiger partial charge < -0.3 is 19.9 Å². The molecule has 2 N–H and O–H groups in total. The van der Waals surface area contributed by atoms with E-state index in [2.05, 4.69) is 5.32 Å². The molecule has 1 saturated heterocycles. The lowest BCUT2D eigenvalue weighted by atomic mass is 10.0. The van der Waals surface area contributed by atoms with E-state index in [1.807, 2.05) is 11.8 Å². The molecular formula is C14H26N2O5. The number of carbonyl (C=O) groups excluding carboxylic acids is 1. The van der Waals surface area contributed by atoms with E-state index in [0.29, 0.717) is 26.3 Å². The van der Waals surface area contributed by atoms with Crippen molar-refractivity contribution in [2.24, 2.45) is 5.92 Å². The molecule has 1 heterocycles. The van der Waals surface area contributed by atoms with Gasteiger partial charge in [-0.15, -0.1) is 0 Å². The molecule has 0 aromatic carbocycles. The standard InChI is InChI=1S/C14H26N2O5/c1-3-6-16(8-13(17)15-5-4-7-20-2)12-10-21-9-11(12)14(18)19/h11-12H,3-10H2,1-2H3,(H,15,17)(H,18,19). The predicted molar refractivity (Wildman–Crippen MR) is 77.1 cm³/mol. The zero-order valence-electron chi connectivity index (χ0n) is 12.8. The Hall–Kier alpha value is -1.18. The number of rotatable bonds is 10. The molecule has 0 aromatic heterocycles. The summed E-state index contributed by atoms with van der Waals surface area (Å²) in [6, 6.07) is -0.229. The molecule has 7 nitrogen and oxygen atoms in total. The SMILES string of the molecule is CCCN(CC(=O)NCCCOC)C1COCC1C(=O)O. The van der Waals surface area contributed by atoms with Crippen molar-refractivity contribution >= 4 is 11.9 Å². The highest BCUT2D eigenvalue weighted by atomic mass is 16.5. The van der Waals surface area contributed by atoms with Gasteiger partial charge in [0.15, 0.2) is 0 Å². The van der Waals surface area contributed by atoms with Gasteiger partial charge in [0.05, 0.1) is 25.7 Å². The lowest BCUT2D eigenvalue weighted by molar-refractivity contribution is -0.143. The van der Waals surface area contributed by atoms with E-state index in [0.717, 1.165) is 12.8 Å². The zero-order valence-corrected chi connectivity index (χ0v) is 12.8. The van der Waals surface area contributed by atoms with Gasteiger partial charge in [0.2, 0.25) is 5.91 Å². The van der Waals surface area contributed by atoms with Crippen molar-refractivity contribution in [3.05, 3.63) is 0 Å². The Kier molecular flexibility index (Phi) is 8.26. The molecule has 0 bridgehead atoms. The van der Waals surface area contributed by atoms with Crippen LogP contribution in [0.2, 0.25) is 0 Å². The second-order valence-electron chi connectivity index (χ2n) is 5.22. The first kappa shape index (κ1) is 17.9. The van der Waals surface area contributed by atoms with Gasteiger partial charge in [0, 0.05) is 26.3 Å². The Morgan fingerprint density at radius 2 is 2.19 bits per heavy atom. The van der Waals surface area contributed by atoms with Gasteiger partial charge in [-0.1, -0.05) is 6.92 Å². The maximum Gasteiger partial charge on any atom is 0.310 e. The molecule has 1 aliphatic heterocycles. The average Bonchev–Trinajstić information content (AvgIpc) is 2.92. The van der Waals surface area contributed by atoms with Crippen LogP contribution in [0.5, 0.6) is 0 Å². The van der Waals surface area contributed by atoms with Crippen LogP contribution in [0.3, 0.4) is 0 Å². The smallest absolute Gasteiger partial charge is 0.310 e. The molecule has 2 unspecified atom stereocenters. The minimum atomic E-state index is -0.862. The predicted octanol–water partition coefficient (Wildman–Crippen LogP) is -0.0493. The second-order valence-corrected chi connectivity index (χ2v) is 5.22. The highest BCUT2D eigenvalue weighted by molar-refractivity contribution is 5.78. The van der Waals surface area contributed by atoms with E-state index >= 15 is 0 Å². The first-order chi connectivity index (χ1) is 10.1. The summed E-state index contributed by atoms with van der Waals surface area (Å²) in [6.45, 7) is 4.66. The minimum absolute atomic E-state index is 0.0874. The number of methoxy groups -OCH3 is 1. The number of amides is 1. The molecule has 21 heavy (non-hydrogen) atoms. The van der Waals surface area contributed by atoms with E-state index in [9.17, 15) is 14.7 Å². The van der Waals surface area contributed by atoms with Crippen molar-refractivity contribution in [2.75, 3.05) is 46.6 Å². The van der Waals surface area contributed by atoms with E-state index in [-0.39, 0.29) is 25.1 Å². The van der Waals surface area contributed by atoms with Crippen molar-refractivity contribution in [3.63, 3.8) is 0 Å². The number of nitrogens with zero attached hydrogens (tertiary/aromatic N) is 1. The lowest BCUT2D eigenvalue weighted by Gasteiger charge is -2.29. The van der Waals surface area contributed by atoms with Crippen LogP contribution < -0.4 is 5.32 Å². The topological polar surface area (TPSA) is 88.1 Å². The molecular weight excluding hydrogens is 276 g/mol. The van der Waals surface area contributed by atoms with Gasteiger partial charge in [-0.05, 0) is 19.4 Å². The third-order valence-electron chi connectivity index (χ3n) is 3.54. The summed E-state index contributed by atoms with van der Waals surface area (Å²) in [5.41, 5.74) is 0. The van der Waals surface area contributed by atoms with Crippen LogP contribution in [-0.2, 0) is 19.1 Å². The number of carboxylic acid groups (broad SMARTS) is 1. The molecule has 0 spiro atoms. The minimum Gasteiger partial charge on any atom is -0.481 e. The highest BCUT2D eigenvalue weighted by Gasteiger charge is 2.38. The molecule has 0 aliphatic carbocycles. The molecule has 122 valence electrons. The van der Waals surface area contributed by atoms with E-state index in [1.54, 1.807) is 7.11 Å².